The van der Waals surface area contributed by atoms with Crippen molar-refractivity contribution in [3.05, 3.63) is 46.4 Å². The zero-order chi connectivity index (χ0) is 18.4. The molecule has 1 aliphatic rings. The summed E-state index contributed by atoms with van der Waals surface area (Å²) >= 11 is 1.61. The van der Waals surface area contributed by atoms with Crippen LogP contribution in [0.5, 0.6) is 0 Å². The largest absolute Gasteiger partial charge is 0.366 e. The molecular weight excluding hydrogens is 348 g/mol. The number of H-pyrrole nitrogens is 1. The zero-order valence-electron chi connectivity index (χ0n) is 15.6. The van der Waals surface area contributed by atoms with Gasteiger partial charge in [0, 0.05) is 18.2 Å². The van der Waals surface area contributed by atoms with Crippen molar-refractivity contribution in [1.29, 1.82) is 0 Å². The van der Waals surface area contributed by atoms with Crippen LogP contribution in [0.15, 0.2) is 40.3 Å². The smallest absolute Gasteiger partial charge is 0.343 e. The standard InChI is InChI=1S/C19H28N4O2S/c1-15(2)12-22-10-11-25-17(13-22)14-26-19-21-20-18(24)23(19)9-8-16-6-4-3-5-7-16/h3-7,15,17H,8-14H2,1-2H3,(H,20,24)/p+1/t17-/m0/s1. The molecule has 142 valence electrons. The molecule has 1 aromatic carbocycles. The molecule has 1 aliphatic heterocycles. The summed E-state index contributed by atoms with van der Waals surface area (Å²) in [7, 11) is 0. The van der Waals surface area contributed by atoms with Gasteiger partial charge in [0.1, 0.15) is 19.2 Å². The summed E-state index contributed by atoms with van der Waals surface area (Å²) in [6.45, 7) is 9.29. The van der Waals surface area contributed by atoms with Gasteiger partial charge in [-0.1, -0.05) is 55.9 Å². The van der Waals surface area contributed by atoms with Gasteiger partial charge in [-0.2, -0.15) is 0 Å². The van der Waals surface area contributed by atoms with E-state index < -0.39 is 0 Å². The third-order valence-electron chi connectivity index (χ3n) is 4.61. The van der Waals surface area contributed by atoms with E-state index in [1.807, 2.05) is 18.2 Å². The molecular formula is C19H29N4O2S+. The molecule has 2 heterocycles. The first-order valence-electron chi connectivity index (χ1n) is 9.39. The highest BCUT2D eigenvalue weighted by Crippen LogP contribution is 2.16. The van der Waals surface area contributed by atoms with Gasteiger partial charge in [0.25, 0.3) is 0 Å². The summed E-state index contributed by atoms with van der Waals surface area (Å²) in [5.74, 6) is 1.53. The summed E-state index contributed by atoms with van der Waals surface area (Å²) in [5.41, 5.74) is 1.08. The Hall–Kier alpha value is -1.57. The SMILES string of the molecule is CC(C)C[NH+]1CCO[C@H](CSc2n[nH]c(=O)n2CCc2ccccc2)C1. The monoisotopic (exact) mass is 377 g/mol. The molecule has 2 atom stereocenters. The third-order valence-corrected chi connectivity index (χ3v) is 5.72. The van der Waals surface area contributed by atoms with E-state index in [9.17, 15) is 4.79 Å². The van der Waals surface area contributed by atoms with E-state index in [1.54, 1.807) is 21.2 Å². The van der Waals surface area contributed by atoms with Gasteiger partial charge in [0.05, 0.1) is 13.2 Å². The van der Waals surface area contributed by atoms with E-state index >= 15 is 0 Å². The molecule has 1 aromatic heterocycles. The molecule has 26 heavy (non-hydrogen) atoms. The van der Waals surface area contributed by atoms with E-state index in [0.29, 0.717) is 12.5 Å². The number of hydrogen-bond acceptors (Lipinski definition) is 4. The third kappa shape index (κ3) is 5.46. The van der Waals surface area contributed by atoms with Crippen molar-refractivity contribution in [3.8, 4) is 0 Å². The number of quaternary nitrogens is 1. The van der Waals surface area contributed by atoms with E-state index in [4.69, 9.17) is 4.74 Å². The average Bonchev–Trinajstić information content (AvgIpc) is 2.98. The second-order valence-corrected chi connectivity index (χ2v) is 8.29. The molecule has 0 aliphatic carbocycles. The number of rotatable bonds is 8. The topological polar surface area (TPSA) is 64.3 Å². The average molecular weight is 378 g/mol. The van der Waals surface area contributed by atoms with Crippen LogP contribution in [0.25, 0.3) is 0 Å². The number of nitrogens with one attached hydrogen (secondary N) is 2. The predicted molar refractivity (Wildman–Crippen MR) is 104 cm³/mol. The highest BCUT2D eigenvalue weighted by atomic mass is 32.2. The number of aromatic amines is 1. The molecule has 0 amide bonds. The zero-order valence-corrected chi connectivity index (χ0v) is 16.4. The van der Waals surface area contributed by atoms with E-state index in [1.165, 1.54) is 12.1 Å². The van der Waals surface area contributed by atoms with Crippen LogP contribution in [-0.4, -0.2) is 52.9 Å². The maximum absolute atomic E-state index is 12.1. The van der Waals surface area contributed by atoms with Crippen LogP contribution >= 0.6 is 11.8 Å². The number of thioether (sulfide) groups is 1. The Morgan fingerprint density at radius 3 is 2.96 bits per heavy atom. The Morgan fingerprint density at radius 1 is 1.38 bits per heavy atom. The van der Waals surface area contributed by atoms with E-state index in [2.05, 4.69) is 36.2 Å². The molecule has 0 radical (unpaired) electrons. The minimum absolute atomic E-state index is 0.139. The Kier molecular flexibility index (Phi) is 6.93. The van der Waals surface area contributed by atoms with Crippen molar-refractivity contribution in [2.24, 2.45) is 5.92 Å². The van der Waals surface area contributed by atoms with Gasteiger partial charge in [-0.05, 0) is 12.0 Å². The van der Waals surface area contributed by atoms with Crippen LogP contribution in [0.1, 0.15) is 19.4 Å². The molecule has 0 bridgehead atoms. The van der Waals surface area contributed by atoms with Crippen LogP contribution in [0.4, 0.5) is 0 Å². The normalized spacial score (nSPS) is 20.6. The second kappa shape index (κ2) is 9.39. The number of aryl methyl sites for hydroxylation is 1. The maximum atomic E-state index is 12.1. The second-order valence-electron chi connectivity index (χ2n) is 7.30. The van der Waals surface area contributed by atoms with Crippen molar-refractivity contribution in [3.63, 3.8) is 0 Å². The number of aromatic nitrogens is 3. The molecule has 0 saturated carbocycles. The Bertz CT molecular complexity index is 729. The quantitative estimate of drug-likeness (QED) is 0.670. The fourth-order valence-corrected chi connectivity index (χ4v) is 4.38. The summed E-state index contributed by atoms with van der Waals surface area (Å²) in [6, 6.07) is 10.2. The lowest BCUT2D eigenvalue weighted by molar-refractivity contribution is -0.914. The van der Waals surface area contributed by atoms with Gasteiger partial charge >= 0.3 is 5.69 Å². The molecule has 1 saturated heterocycles. The molecule has 0 spiro atoms. The number of morpholine rings is 1. The first-order valence-corrected chi connectivity index (χ1v) is 10.4. The van der Waals surface area contributed by atoms with Crippen molar-refractivity contribution in [1.82, 2.24) is 14.8 Å². The van der Waals surface area contributed by atoms with Gasteiger partial charge in [-0.15, -0.1) is 5.10 Å². The molecule has 3 rings (SSSR count). The number of hydrogen-bond donors (Lipinski definition) is 2. The highest BCUT2D eigenvalue weighted by molar-refractivity contribution is 7.99. The minimum Gasteiger partial charge on any atom is -0.366 e. The Balaban J connectivity index is 1.54. The fraction of sp³-hybridized carbons (Fsp3) is 0.579. The van der Waals surface area contributed by atoms with Crippen molar-refractivity contribution < 1.29 is 9.64 Å². The molecule has 1 unspecified atom stereocenters. The number of nitrogens with zero attached hydrogens (tertiary/aromatic N) is 2. The lowest BCUT2D eigenvalue weighted by Gasteiger charge is -2.30. The molecule has 2 N–H and O–H groups in total. The van der Waals surface area contributed by atoms with Crippen LogP contribution in [0.2, 0.25) is 0 Å². The predicted octanol–water partition coefficient (Wildman–Crippen LogP) is 0.846. The number of ether oxygens (including phenoxy) is 1. The first-order chi connectivity index (χ1) is 12.6. The Morgan fingerprint density at radius 2 is 2.19 bits per heavy atom. The van der Waals surface area contributed by atoms with Gasteiger partial charge in [0.15, 0.2) is 5.16 Å². The van der Waals surface area contributed by atoms with Crippen LogP contribution in [0, 0.1) is 5.92 Å². The van der Waals surface area contributed by atoms with E-state index in [-0.39, 0.29) is 11.8 Å². The molecule has 7 heteroatoms. The van der Waals surface area contributed by atoms with Crippen molar-refractivity contribution in [2.45, 2.75) is 38.1 Å². The lowest BCUT2D eigenvalue weighted by Crippen LogP contribution is -3.15. The number of benzene rings is 1. The van der Waals surface area contributed by atoms with Crippen LogP contribution < -0.4 is 10.6 Å². The van der Waals surface area contributed by atoms with Crippen molar-refractivity contribution in [2.75, 3.05) is 32.0 Å². The van der Waals surface area contributed by atoms with Crippen LogP contribution in [-0.2, 0) is 17.7 Å². The highest BCUT2D eigenvalue weighted by Gasteiger charge is 2.25. The molecule has 6 nitrogen and oxygen atoms in total. The maximum Gasteiger partial charge on any atom is 0.343 e. The molecule has 2 aromatic rings. The summed E-state index contributed by atoms with van der Waals surface area (Å²) in [6.07, 6.45) is 1.04. The van der Waals surface area contributed by atoms with Gasteiger partial charge in [-0.3, -0.25) is 4.57 Å². The van der Waals surface area contributed by atoms with Crippen molar-refractivity contribution >= 4 is 11.8 Å². The van der Waals surface area contributed by atoms with Crippen LogP contribution in [0.3, 0.4) is 0 Å². The van der Waals surface area contributed by atoms with E-state index in [0.717, 1.165) is 37.0 Å². The minimum atomic E-state index is -0.139. The molecule has 1 fully saturated rings. The van der Waals surface area contributed by atoms with Gasteiger partial charge in [0.2, 0.25) is 0 Å². The first kappa shape index (κ1) is 19.2. The summed E-state index contributed by atoms with van der Waals surface area (Å²) < 4.78 is 7.66. The van der Waals surface area contributed by atoms with Gasteiger partial charge < -0.3 is 9.64 Å². The summed E-state index contributed by atoms with van der Waals surface area (Å²) in [4.78, 5) is 13.7. The van der Waals surface area contributed by atoms with Gasteiger partial charge in [-0.25, -0.2) is 9.89 Å². The fourth-order valence-electron chi connectivity index (χ4n) is 3.39. The lowest BCUT2D eigenvalue weighted by atomic mass is 10.1. The Labute approximate surface area is 158 Å². The summed E-state index contributed by atoms with van der Waals surface area (Å²) in [5, 5.41) is 7.55.